The van der Waals surface area contributed by atoms with Crippen LogP contribution in [0.15, 0.2) is 78.9 Å². The van der Waals surface area contributed by atoms with Crippen LogP contribution in [-0.2, 0) is 30.7 Å². The summed E-state index contributed by atoms with van der Waals surface area (Å²) in [5.41, 5.74) is 5.28. The third-order valence-corrected chi connectivity index (χ3v) is 4.54. The van der Waals surface area contributed by atoms with E-state index in [4.69, 9.17) is 4.74 Å². The maximum Gasteiger partial charge on any atom is 0.251 e. The Bertz CT molecular complexity index is 874. The van der Waals surface area contributed by atoms with Crippen LogP contribution in [0.1, 0.15) is 32.6 Å². The molecule has 3 nitrogen and oxygen atoms in total. The fourth-order valence-corrected chi connectivity index (χ4v) is 3.16. The second-order valence-corrected chi connectivity index (χ2v) is 6.58. The van der Waals surface area contributed by atoms with Crippen molar-refractivity contribution in [3.63, 3.8) is 0 Å². The van der Waals surface area contributed by atoms with E-state index in [1.54, 1.807) is 7.11 Å². The predicted octanol–water partition coefficient (Wildman–Crippen LogP) is 4.55. The average Bonchev–Trinajstić information content (AvgIpc) is 2.72. The minimum Gasteiger partial charge on any atom is -0.380 e. The highest BCUT2D eigenvalue weighted by Crippen LogP contribution is 2.13. The van der Waals surface area contributed by atoms with E-state index in [0.29, 0.717) is 13.2 Å². The van der Waals surface area contributed by atoms with Crippen molar-refractivity contribution in [3.8, 4) is 0 Å². The fourth-order valence-electron chi connectivity index (χ4n) is 3.16. The van der Waals surface area contributed by atoms with Gasteiger partial charge in [-0.05, 0) is 41.2 Å². The zero-order valence-corrected chi connectivity index (χ0v) is 15.7. The first-order chi connectivity index (χ1) is 13.3. The lowest BCUT2D eigenvalue weighted by atomic mass is 9.99. The topological polar surface area (TPSA) is 38.3 Å². The highest BCUT2D eigenvalue weighted by Gasteiger charge is 2.11. The Balaban J connectivity index is 1.63. The van der Waals surface area contributed by atoms with E-state index in [0.717, 1.165) is 35.1 Å². The molecule has 0 aromatic heterocycles. The van der Waals surface area contributed by atoms with Gasteiger partial charge in [0.15, 0.2) is 0 Å². The van der Waals surface area contributed by atoms with Crippen molar-refractivity contribution >= 4 is 5.91 Å². The molecule has 0 atom stereocenters. The monoisotopic (exact) mass is 359 g/mol. The molecule has 3 aromatic carbocycles. The molecular weight excluding hydrogens is 334 g/mol. The van der Waals surface area contributed by atoms with Crippen molar-refractivity contribution in [1.29, 1.82) is 0 Å². The third-order valence-electron chi connectivity index (χ3n) is 4.54. The van der Waals surface area contributed by atoms with Gasteiger partial charge in [0, 0.05) is 19.2 Å². The Hall–Kier alpha value is -2.91. The smallest absolute Gasteiger partial charge is 0.251 e. The van der Waals surface area contributed by atoms with Gasteiger partial charge >= 0.3 is 0 Å². The van der Waals surface area contributed by atoms with Crippen molar-refractivity contribution in [2.24, 2.45) is 0 Å². The van der Waals surface area contributed by atoms with E-state index in [-0.39, 0.29) is 5.91 Å². The van der Waals surface area contributed by atoms with Crippen molar-refractivity contribution in [2.75, 3.05) is 7.11 Å². The summed E-state index contributed by atoms with van der Waals surface area (Å²) in [5.74, 6) is -0.0317. The summed E-state index contributed by atoms with van der Waals surface area (Å²) in [4.78, 5) is 12.7. The number of hydrogen-bond acceptors (Lipinski definition) is 2. The van der Waals surface area contributed by atoms with Gasteiger partial charge < -0.3 is 10.1 Å². The molecule has 0 unspecified atom stereocenters. The van der Waals surface area contributed by atoms with Gasteiger partial charge in [-0.1, -0.05) is 72.8 Å². The van der Waals surface area contributed by atoms with Gasteiger partial charge in [-0.25, -0.2) is 0 Å². The van der Waals surface area contributed by atoms with Crippen LogP contribution in [0.25, 0.3) is 0 Å². The van der Waals surface area contributed by atoms with E-state index < -0.39 is 0 Å². The lowest BCUT2D eigenvalue weighted by Gasteiger charge is -2.11. The number of ether oxygens (including phenoxy) is 1. The molecule has 1 N–H and O–H groups in total. The molecule has 0 aliphatic carbocycles. The number of methoxy groups -OCH3 is 1. The number of rotatable bonds is 8. The highest BCUT2D eigenvalue weighted by atomic mass is 16.5. The first-order valence-electron chi connectivity index (χ1n) is 9.23. The Morgan fingerprint density at radius 1 is 0.815 bits per heavy atom. The molecule has 0 aliphatic heterocycles. The Labute approximate surface area is 161 Å². The molecule has 138 valence electrons. The van der Waals surface area contributed by atoms with Crippen LogP contribution < -0.4 is 5.32 Å². The summed E-state index contributed by atoms with van der Waals surface area (Å²) < 4.78 is 5.17. The second kappa shape index (κ2) is 9.70. The number of carbonyl (C=O) groups excluding carboxylic acids is 1. The molecule has 0 fully saturated rings. The molecule has 0 heterocycles. The first kappa shape index (κ1) is 18.9. The van der Waals surface area contributed by atoms with E-state index in [2.05, 4.69) is 23.5 Å². The molecule has 27 heavy (non-hydrogen) atoms. The largest absolute Gasteiger partial charge is 0.380 e. The quantitative estimate of drug-likeness (QED) is 0.641. The Morgan fingerprint density at radius 2 is 1.52 bits per heavy atom. The summed E-state index contributed by atoms with van der Waals surface area (Å²) in [7, 11) is 1.68. The zero-order valence-electron chi connectivity index (χ0n) is 15.7. The van der Waals surface area contributed by atoms with Gasteiger partial charge in [0.05, 0.1) is 6.61 Å². The molecule has 1 amide bonds. The lowest BCUT2D eigenvalue weighted by Crippen LogP contribution is -2.24. The van der Waals surface area contributed by atoms with Gasteiger partial charge in [-0.3, -0.25) is 4.79 Å². The van der Waals surface area contributed by atoms with Gasteiger partial charge in [0.2, 0.25) is 0 Å². The van der Waals surface area contributed by atoms with E-state index >= 15 is 0 Å². The van der Waals surface area contributed by atoms with Crippen molar-refractivity contribution in [2.45, 2.75) is 26.0 Å². The summed E-state index contributed by atoms with van der Waals surface area (Å²) in [6.45, 7) is 1.08. The van der Waals surface area contributed by atoms with Crippen LogP contribution in [0, 0.1) is 0 Å². The van der Waals surface area contributed by atoms with E-state index in [1.807, 2.05) is 60.7 Å². The lowest BCUT2D eigenvalue weighted by molar-refractivity contribution is 0.0950. The minimum absolute atomic E-state index is 0.0317. The molecule has 3 heteroatoms. The van der Waals surface area contributed by atoms with Crippen LogP contribution in [0.4, 0.5) is 0 Å². The minimum atomic E-state index is -0.0317. The van der Waals surface area contributed by atoms with Crippen LogP contribution in [-0.4, -0.2) is 13.0 Å². The standard InChI is InChI=1S/C24H25NO2/c1-27-18-21-11-7-10-20(16-21)17-25-24(26)23-13-6-5-12-22(23)15-14-19-8-3-2-4-9-19/h2-13,16H,14-15,17-18H2,1H3,(H,25,26). The maximum absolute atomic E-state index is 12.7. The summed E-state index contributed by atoms with van der Waals surface area (Å²) in [6, 6.07) is 26.3. The number of amides is 1. The van der Waals surface area contributed by atoms with E-state index in [1.165, 1.54) is 5.56 Å². The SMILES string of the molecule is COCc1cccc(CNC(=O)c2ccccc2CCc2ccccc2)c1. The Morgan fingerprint density at radius 3 is 2.33 bits per heavy atom. The fraction of sp³-hybridized carbons (Fsp3) is 0.208. The molecule has 3 aromatic rings. The van der Waals surface area contributed by atoms with Crippen molar-refractivity contribution in [3.05, 3.63) is 107 Å². The molecule has 0 spiro atoms. The number of carbonyl (C=O) groups is 1. The maximum atomic E-state index is 12.7. The number of nitrogens with one attached hydrogen (secondary N) is 1. The van der Waals surface area contributed by atoms with Crippen LogP contribution >= 0.6 is 0 Å². The summed E-state index contributed by atoms with van der Waals surface area (Å²) in [5, 5.41) is 3.04. The van der Waals surface area contributed by atoms with Gasteiger partial charge in [-0.15, -0.1) is 0 Å². The van der Waals surface area contributed by atoms with Crippen LogP contribution in [0.2, 0.25) is 0 Å². The van der Waals surface area contributed by atoms with Crippen LogP contribution in [0.5, 0.6) is 0 Å². The second-order valence-electron chi connectivity index (χ2n) is 6.58. The van der Waals surface area contributed by atoms with Crippen molar-refractivity contribution < 1.29 is 9.53 Å². The van der Waals surface area contributed by atoms with Gasteiger partial charge in [0.1, 0.15) is 0 Å². The zero-order chi connectivity index (χ0) is 18.9. The van der Waals surface area contributed by atoms with Crippen LogP contribution in [0.3, 0.4) is 0 Å². The van der Waals surface area contributed by atoms with Gasteiger partial charge in [-0.2, -0.15) is 0 Å². The highest BCUT2D eigenvalue weighted by molar-refractivity contribution is 5.95. The molecule has 0 radical (unpaired) electrons. The third kappa shape index (κ3) is 5.53. The summed E-state index contributed by atoms with van der Waals surface area (Å²) >= 11 is 0. The molecular formula is C24H25NO2. The average molecular weight is 359 g/mol. The molecule has 0 saturated heterocycles. The molecule has 3 rings (SSSR count). The summed E-state index contributed by atoms with van der Waals surface area (Å²) in [6.07, 6.45) is 1.77. The normalized spacial score (nSPS) is 10.6. The molecule has 0 aliphatic rings. The van der Waals surface area contributed by atoms with Crippen molar-refractivity contribution in [1.82, 2.24) is 5.32 Å². The number of aryl methyl sites for hydroxylation is 2. The Kier molecular flexibility index (Phi) is 6.78. The van der Waals surface area contributed by atoms with Gasteiger partial charge in [0.25, 0.3) is 5.91 Å². The first-order valence-corrected chi connectivity index (χ1v) is 9.23. The predicted molar refractivity (Wildman–Crippen MR) is 109 cm³/mol. The molecule has 0 saturated carbocycles. The number of hydrogen-bond donors (Lipinski definition) is 1. The number of benzene rings is 3. The molecule has 0 bridgehead atoms. The van der Waals surface area contributed by atoms with E-state index in [9.17, 15) is 4.79 Å².